The molecule has 18 heavy (non-hydrogen) atoms. The maximum atomic E-state index is 12.3. The first-order chi connectivity index (χ1) is 8.75. The molecule has 3 rings (SSSR count). The molecule has 0 spiro atoms. The molecule has 3 heteroatoms. The molecule has 3 fully saturated rings. The van der Waals surface area contributed by atoms with Gasteiger partial charge in [0.05, 0.1) is 0 Å². The molecule has 1 N–H and O–H groups in total. The summed E-state index contributed by atoms with van der Waals surface area (Å²) in [6, 6.07) is 0.739. The van der Waals surface area contributed by atoms with Crippen molar-refractivity contribution < 1.29 is 4.79 Å². The van der Waals surface area contributed by atoms with Gasteiger partial charge in [0.2, 0.25) is 5.91 Å². The number of piperidine rings is 1. The molecule has 1 aliphatic carbocycles. The van der Waals surface area contributed by atoms with Crippen LogP contribution in [0.5, 0.6) is 0 Å². The number of rotatable bonds is 3. The molecule has 2 heterocycles. The van der Waals surface area contributed by atoms with Crippen LogP contribution in [0.4, 0.5) is 0 Å². The summed E-state index contributed by atoms with van der Waals surface area (Å²) in [5.74, 6) is 2.22. The Morgan fingerprint density at radius 3 is 2.44 bits per heavy atom. The fourth-order valence-electron chi connectivity index (χ4n) is 3.72. The van der Waals surface area contributed by atoms with Crippen LogP contribution >= 0.6 is 0 Å². The molecule has 0 aromatic heterocycles. The van der Waals surface area contributed by atoms with Crippen LogP contribution in [0.2, 0.25) is 0 Å². The van der Waals surface area contributed by atoms with Crippen LogP contribution in [-0.4, -0.2) is 36.5 Å². The SMILES string of the molecule is CC(C(=O)N1CCC(C2CCCN2)CC1)C1CC1. The van der Waals surface area contributed by atoms with Crippen molar-refractivity contribution in [1.29, 1.82) is 0 Å². The summed E-state index contributed by atoms with van der Waals surface area (Å²) in [7, 11) is 0. The second-order valence-electron chi connectivity index (χ2n) is 6.49. The summed E-state index contributed by atoms with van der Waals surface area (Å²) in [5.41, 5.74) is 0. The van der Waals surface area contributed by atoms with Crippen LogP contribution in [0.15, 0.2) is 0 Å². The number of likely N-dealkylation sites (tertiary alicyclic amines) is 1. The number of carbonyl (C=O) groups is 1. The molecule has 3 aliphatic rings. The number of amides is 1. The summed E-state index contributed by atoms with van der Waals surface area (Å²) in [6.07, 6.45) is 7.64. The Labute approximate surface area is 110 Å². The molecule has 2 saturated heterocycles. The van der Waals surface area contributed by atoms with Gasteiger partial charge in [0.1, 0.15) is 0 Å². The quantitative estimate of drug-likeness (QED) is 0.831. The lowest BCUT2D eigenvalue weighted by atomic mass is 9.88. The molecule has 0 radical (unpaired) electrons. The highest BCUT2D eigenvalue weighted by atomic mass is 16.2. The zero-order chi connectivity index (χ0) is 12.5. The minimum absolute atomic E-state index is 0.283. The third kappa shape index (κ3) is 2.56. The van der Waals surface area contributed by atoms with E-state index in [-0.39, 0.29) is 5.92 Å². The number of nitrogens with zero attached hydrogens (tertiary/aromatic N) is 1. The minimum Gasteiger partial charge on any atom is -0.342 e. The van der Waals surface area contributed by atoms with Gasteiger partial charge in [-0.1, -0.05) is 6.92 Å². The monoisotopic (exact) mass is 250 g/mol. The molecule has 2 unspecified atom stereocenters. The molecule has 1 amide bonds. The van der Waals surface area contributed by atoms with Crippen molar-refractivity contribution in [1.82, 2.24) is 10.2 Å². The molecule has 2 atom stereocenters. The number of carbonyl (C=O) groups excluding carboxylic acids is 1. The fraction of sp³-hybridized carbons (Fsp3) is 0.933. The maximum Gasteiger partial charge on any atom is 0.225 e. The van der Waals surface area contributed by atoms with Crippen LogP contribution in [0, 0.1) is 17.8 Å². The van der Waals surface area contributed by atoms with E-state index in [2.05, 4.69) is 17.1 Å². The van der Waals surface area contributed by atoms with E-state index in [1.807, 2.05) is 0 Å². The second-order valence-corrected chi connectivity index (χ2v) is 6.49. The number of nitrogens with one attached hydrogen (secondary N) is 1. The van der Waals surface area contributed by atoms with Gasteiger partial charge in [-0.25, -0.2) is 0 Å². The van der Waals surface area contributed by atoms with E-state index in [1.165, 1.54) is 45.1 Å². The van der Waals surface area contributed by atoms with Gasteiger partial charge in [-0.3, -0.25) is 4.79 Å². The molecule has 102 valence electrons. The van der Waals surface area contributed by atoms with Crippen molar-refractivity contribution in [3.63, 3.8) is 0 Å². The van der Waals surface area contributed by atoms with Crippen LogP contribution in [0.3, 0.4) is 0 Å². The van der Waals surface area contributed by atoms with Gasteiger partial charge in [-0.05, 0) is 56.9 Å². The van der Waals surface area contributed by atoms with Crippen LogP contribution < -0.4 is 5.32 Å². The predicted octanol–water partition coefficient (Wildman–Crippen LogP) is 2.02. The Hall–Kier alpha value is -0.570. The molecule has 0 aromatic rings. The zero-order valence-corrected chi connectivity index (χ0v) is 11.5. The summed E-state index contributed by atoms with van der Waals surface area (Å²) in [5, 5.41) is 3.62. The van der Waals surface area contributed by atoms with Crippen LogP contribution in [0.25, 0.3) is 0 Å². The minimum atomic E-state index is 0.283. The van der Waals surface area contributed by atoms with E-state index < -0.39 is 0 Å². The van der Waals surface area contributed by atoms with Crippen LogP contribution in [0.1, 0.15) is 45.4 Å². The summed E-state index contributed by atoms with van der Waals surface area (Å²) in [4.78, 5) is 14.5. The van der Waals surface area contributed by atoms with Crippen molar-refractivity contribution in [2.75, 3.05) is 19.6 Å². The Bertz CT molecular complexity index is 300. The van der Waals surface area contributed by atoms with E-state index in [0.717, 1.165) is 25.0 Å². The molecular formula is C15H26N2O. The third-order valence-electron chi connectivity index (χ3n) is 5.24. The van der Waals surface area contributed by atoms with Gasteiger partial charge in [0.25, 0.3) is 0 Å². The lowest BCUT2D eigenvalue weighted by Gasteiger charge is -2.36. The number of hydrogen-bond acceptors (Lipinski definition) is 2. The van der Waals surface area contributed by atoms with E-state index in [1.54, 1.807) is 0 Å². The van der Waals surface area contributed by atoms with Gasteiger partial charge in [-0.15, -0.1) is 0 Å². The molecule has 0 bridgehead atoms. The summed E-state index contributed by atoms with van der Waals surface area (Å²) in [6.45, 7) is 5.32. The van der Waals surface area contributed by atoms with Gasteiger partial charge >= 0.3 is 0 Å². The summed E-state index contributed by atoms with van der Waals surface area (Å²) >= 11 is 0. The predicted molar refractivity (Wildman–Crippen MR) is 72.2 cm³/mol. The van der Waals surface area contributed by atoms with E-state index in [0.29, 0.717) is 11.8 Å². The molecule has 0 aromatic carbocycles. The molecular weight excluding hydrogens is 224 g/mol. The first-order valence-corrected chi connectivity index (χ1v) is 7.78. The Morgan fingerprint density at radius 1 is 1.17 bits per heavy atom. The van der Waals surface area contributed by atoms with Gasteiger partial charge in [0.15, 0.2) is 0 Å². The second kappa shape index (κ2) is 5.20. The Morgan fingerprint density at radius 2 is 1.89 bits per heavy atom. The topological polar surface area (TPSA) is 32.3 Å². The standard InChI is InChI=1S/C15H26N2O/c1-11(12-4-5-12)15(18)17-9-6-13(7-10-17)14-3-2-8-16-14/h11-14,16H,2-10H2,1H3. The van der Waals surface area contributed by atoms with Gasteiger partial charge in [-0.2, -0.15) is 0 Å². The van der Waals surface area contributed by atoms with E-state index in [9.17, 15) is 4.79 Å². The first kappa shape index (κ1) is 12.5. The highest BCUT2D eigenvalue weighted by Gasteiger charge is 2.36. The largest absolute Gasteiger partial charge is 0.342 e. The maximum absolute atomic E-state index is 12.3. The summed E-state index contributed by atoms with van der Waals surface area (Å²) < 4.78 is 0. The fourth-order valence-corrected chi connectivity index (χ4v) is 3.72. The lowest BCUT2D eigenvalue weighted by molar-refractivity contribution is -0.137. The number of hydrogen-bond donors (Lipinski definition) is 1. The van der Waals surface area contributed by atoms with E-state index >= 15 is 0 Å². The third-order valence-corrected chi connectivity index (χ3v) is 5.24. The lowest BCUT2D eigenvalue weighted by Crippen LogP contribution is -2.45. The molecule has 1 saturated carbocycles. The van der Waals surface area contributed by atoms with Crippen molar-refractivity contribution in [2.24, 2.45) is 17.8 Å². The van der Waals surface area contributed by atoms with E-state index in [4.69, 9.17) is 0 Å². The van der Waals surface area contributed by atoms with Crippen molar-refractivity contribution in [3.05, 3.63) is 0 Å². The molecule has 3 nitrogen and oxygen atoms in total. The van der Waals surface area contributed by atoms with Gasteiger partial charge in [0, 0.05) is 25.0 Å². The van der Waals surface area contributed by atoms with Crippen molar-refractivity contribution >= 4 is 5.91 Å². The molecule has 2 aliphatic heterocycles. The van der Waals surface area contributed by atoms with Crippen molar-refractivity contribution in [2.45, 2.75) is 51.5 Å². The normalized spacial score (nSPS) is 31.6. The average Bonchev–Trinajstić information content (AvgIpc) is 3.12. The Balaban J connectivity index is 1.48. The smallest absolute Gasteiger partial charge is 0.225 e. The first-order valence-electron chi connectivity index (χ1n) is 7.78. The van der Waals surface area contributed by atoms with Gasteiger partial charge < -0.3 is 10.2 Å². The Kier molecular flexibility index (Phi) is 3.60. The highest BCUT2D eigenvalue weighted by molar-refractivity contribution is 5.79. The highest BCUT2D eigenvalue weighted by Crippen LogP contribution is 2.38. The van der Waals surface area contributed by atoms with Crippen molar-refractivity contribution in [3.8, 4) is 0 Å². The van der Waals surface area contributed by atoms with Crippen LogP contribution in [-0.2, 0) is 4.79 Å². The average molecular weight is 250 g/mol. The zero-order valence-electron chi connectivity index (χ0n) is 11.5.